The van der Waals surface area contributed by atoms with Crippen molar-refractivity contribution in [1.82, 2.24) is 4.98 Å². The molecule has 2 aromatic carbocycles. The van der Waals surface area contributed by atoms with Gasteiger partial charge in [-0.3, -0.25) is 15.5 Å². The minimum atomic E-state index is -0.973. The Balaban J connectivity index is 1.88. The lowest BCUT2D eigenvalue weighted by Gasteiger charge is -2.04. The molecule has 0 saturated carbocycles. The Hall–Kier alpha value is -3.05. The van der Waals surface area contributed by atoms with E-state index in [1.54, 1.807) is 23.6 Å². The highest BCUT2D eigenvalue weighted by molar-refractivity contribution is 7.14. The second-order valence-corrected chi connectivity index (χ2v) is 7.12. The van der Waals surface area contributed by atoms with E-state index in [1.807, 2.05) is 0 Å². The number of anilines is 1. The molecule has 0 amide bonds. The Bertz CT molecular complexity index is 1120. The van der Waals surface area contributed by atoms with Gasteiger partial charge < -0.3 is 4.84 Å². The summed E-state index contributed by atoms with van der Waals surface area (Å²) in [6.45, 7) is 0. The predicted octanol–water partition coefficient (Wildman–Crippen LogP) is 4.26. The van der Waals surface area contributed by atoms with Crippen molar-refractivity contribution >= 4 is 57.0 Å². The van der Waals surface area contributed by atoms with Crippen LogP contribution in [-0.2, 0) is 9.63 Å². The van der Waals surface area contributed by atoms with Gasteiger partial charge in [-0.2, -0.15) is 11.0 Å². The average molecular weight is 452 g/mol. The van der Waals surface area contributed by atoms with Gasteiger partial charge in [0, 0.05) is 28.6 Å². The van der Waals surface area contributed by atoms with E-state index in [9.17, 15) is 14.9 Å². The Morgan fingerprint density at radius 2 is 2.03 bits per heavy atom. The van der Waals surface area contributed by atoms with Crippen LogP contribution in [0.3, 0.4) is 0 Å². The molecule has 0 bridgehead atoms. The molecule has 9 nitrogen and oxygen atoms in total. The van der Waals surface area contributed by atoms with E-state index < -0.39 is 10.9 Å². The number of non-ortho nitro benzene ring substituents is 1. The minimum Gasteiger partial charge on any atom is -0.368 e. The van der Waals surface area contributed by atoms with E-state index in [0.29, 0.717) is 20.9 Å². The molecule has 0 saturated heterocycles. The molecule has 0 fully saturated rings. The van der Waals surface area contributed by atoms with Gasteiger partial charge in [-0.25, -0.2) is 9.78 Å². The molecule has 0 radical (unpaired) electrons. The molecular weight excluding hydrogens is 441 g/mol. The molecule has 0 spiro atoms. The number of carbonyl (C=O) groups excluding carboxylic acids is 1. The predicted molar refractivity (Wildman–Crippen MR) is 111 cm³/mol. The third-order valence-electron chi connectivity index (χ3n) is 3.61. The van der Waals surface area contributed by atoms with E-state index in [4.69, 9.17) is 29.1 Å². The molecule has 0 aliphatic heterocycles. The SMILES string of the molecule is NOC(=O)/C(=N\Nc1nc(-c2ccc(Cl)c(Cl)c2)cs1)c1cccc([N+](=O)[O-])c1. The summed E-state index contributed by atoms with van der Waals surface area (Å²) in [5.74, 6) is 3.98. The van der Waals surface area contributed by atoms with Gasteiger partial charge in [0.15, 0.2) is 5.71 Å². The lowest BCUT2D eigenvalue weighted by atomic mass is 10.1. The fourth-order valence-corrected chi connectivity index (χ4v) is 3.23. The average Bonchev–Trinajstić information content (AvgIpc) is 3.19. The van der Waals surface area contributed by atoms with Crippen LogP contribution in [0.25, 0.3) is 11.3 Å². The molecule has 3 aromatic rings. The summed E-state index contributed by atoms with van der Waals surface area (Å²) in [4.78, 5) is 30.9. The second-order valence-electron chi connectivity index (χ2n) is 5.45. The van der Waals surface area contributed by atoms with Gasteiger partial charge in [0.05, 0.1) is 20.7 Å². The van der Waals surface area contributed by atoms with Crippen molar-refractivity contribution in [2.45, 2.75) is 0 Å². The van der Waals surface area contributed by atoms with Gasteiger partial charge in [-0.1, -0.05) is 41.4 Å². The number of aromatic nitrogens is 1. The topological polar surface area (TPSA) is 133 Å². The number of nitrogens with two attached hydrogens (primary N) is 1. The van der Waals surface area contributed by atoms with E-state index in [1.165, 1.54) is 35.6 Å². The zero-order chi connectivity index (χ0) is 21.0. The van der Waals surface area contributed by atoms with Crippen molar-refractivity contribution in [2.24, 2.45) is 11.0 Å². The van der Waals surface area contributed by atoms with E-state index in [2.05, 4.69) is 20.3 Å². The van der Waals surface area contributed by atoms with E-state index >= 15 is 0 Å². The molecule has 1 heterocycles. The van der Waals surface area contributed by atoms with Crippen LogP contribution < -0.4 is 11.3 Å². The molecule has 148 valence electrons. The first-order chi connectivity index (χ1) is 13.9. The highest BCUT2D eigenvalue weighted by Gasteiger charge is 2.19. The van der Waals surface area contributed by atoms with E-state index in [-0.39, 0.29) is 17.0 Å². The Morgan fingerprint density at radius 1 is 1.24 bits per heavy atom. The summed E-state index contributed by atoms with van der Waals surface area (Å²) in [6.07, 6.45) is 0. The first kappa shape index (κ1) is 20.7. The number of thiazole rings is 1. The number of hydrogen-bond acceptors (Lipinski definition) is 9. The van der Waals surface area contributed by atoms with Crippen LogP contribution in [0, 0.1) is 10.1 Å². The number of rotatable bonds is 6. The lowest BCUT2D eigenvalue weighted by molar-refractivity contribution is -0.384. The molecule has 0 aliphatic carbocycles. The monoisotopic (exact) mass is 451 g/mol. The van der Waals surface area contributed by atoms with Crippen molar-refractivity contribution < 1.29 is 14.6 Å². The molecule has 12 heteroatoms. The van der Waals surface area contributed by atoms with Gasteiger partial charge in [-0.05, 0) is 12.1 Å². The fraction of sp³-hybridized carbons (Fsp3) is 0. The highest BCUT2D eigenvalue weighted by Crippen LogP contribution is 2.30. The Kier molecular flexibility index (Phi) is 6.39. The van der Waals surface area contributed by atoms with Crippen molar-refractivity contribution in [3.05, 3.63) is 73.6 Å². The Labute approximate surface area is 177 Å². The highest BCUT2D eigenvalue weighted by atomic mass is 35.5. The fourth-order valence-electron chi connectivity index (χ4n) is 2.27. The summed E-state index contributed by atoms with van der Waals surface area (Å²) in [5, 5.41) is 17.9. The number of nitrogens with one attached hydrogen (secondary N) is 1. The van der Waals surface area contributed by atoms with Crippen molar-refractivity contribution in [3.63, 3.8) is 0 Å². The first-order valence-electron chi connectivity index (χ1n) is 7.79. The van der Waals surface area contributed by atoms with Gasteiger partial charge in [0.2, 0.25) is 5.13 Å². The van der Waals surface area contributed by atoms with Crippen LogP contribution in [0.4, 0.5) is 10.8 Å². The smallest absolute Gasteiger partial charge is 0.368 e. The normalized spacial score (nSPS) is 11.2. The van der Waals surface area contributed by atoms with Gasteiger partial charge in [-0.15, -0.1) is 11.3 Å². The number of nitro benzene ring substituents is 1. The molecule has 3 N–H and O–H groups in total. The number of benzene rings is 2. The van der Waals surface area contributed by atoms with Gasteiger partial charge in [0.25, 0.3) is 5.69 Å². The summed E-state index contributed by atoms with van der Waals surface area (Å²) < 4.78 is 0. The van der Waals surface area contributed by atoms with Crippen LogP contribution in [0.2, 0.25) is 10.0 Å². The second kappa shape index (κ2) is 8.97. The number of carbonyl (C=O) groups is 1. The van der Waals surface area contributed by atoms with Crippen molar-refractivity contribution in [1.29, 1.82) is 0 Å². The maximum atomic E-state index is 12.0. The minimum absolute atomic E-state index is 0.156. The Morgan fingerprint density at radius 3 is 2.72 bits per heavy atom. The molecule has 1 aromatic heterocycles. The van der Waals surface area contributed by atoms with Crippen LogP contribution in [0.5, 0.6) is 0 Å². The quantitative estimate of drug-likeness (QED) is 0.324. The summed E-state index contributed by atoms with van der Waals surface area (Å²) in [7, 11) is 0. The molecule has 0 aliphatic rings. The van der Waals surface area contributed by atoms with Crippen molar-refractivity contribution in [2.75, 3.05) is 5.43 Å². The molecular formula is C17H11Cl2N5O4S. The summed E-state index contributed by atoms with van der Waals surface area (Å²) >= 11 is 13.2. The third kappa shape index (κ3) is 4.87. The maximum Gasteiger partial charge on any atom is 0.377 e. The zero-order valence-electron chi connectivity index (χ0n) is 14.3. The summed E-state index contributed by atoms with van der Waals surface area (Å²) in [6, 6.07) is 10.4. The third-order valence-corrected chi connectivity index (χ3v) is 5.10. The van der Waals surface area contributed by atoms with Gasteiger partial charge >= 0.3 is 5.97 Å². The van der Waals surface area contributed by atoms with Crippen LogP contribution in [0.15, 0.2) is 52.9 Å². The standard InChI is InChI=1S/C17H11Cl2N5O4S/c18-12-5-4-9(7-13(12)19)14-8-29-17(21-14)23-22-15(16(25)28-20)10-2-1-3-11(6-10)24(26)27/h1-8H,20H2,(H,21,23)/b22-15-. The molecule has 29 heavy (non-hydrogen) atoms. The summed E-state index contributed by atoms with van der Waals surface area (Å²) in [5.41, 5.74) is 3.69. The molecule has 3 rings (SSSR count). The largest absolute Gasteiger partial charge is 0.377 e. The molecule has 0 atom stereocenters. The number of nitrogens with zero attached hydrogens (tertiary/aromatic N) is 3. The molecule has 0 unspecified atom stereocenters. The zero-order valence-corrected chi connectivity index (χ0v) is 16.7. The first-order valence-corrected chi connectivity index (χ1v) is 9.43. The van der Waals surface area contributed by atoms with Crippen LogP contribution in [0.1, 0.15) is 5.56 Å². The van der Waals surface area contributed by atoms with Crippen LogP contribution >= 0.6 is 34.5 Å². The van der Waals surface area contributed by atoms with E-state index in [0.717, 1.165) is 5.56 Å². The number of hydrazone groups is 1. The number of nitro groups is 1. The number of hydrogen-bond donors (Lipinski definition) is 2. The maximum absolute atomic E-state index is 12.0. The van der Waals surface area contributed by atoms with Crippen LogP contribution in [-0.4, -0.2) is 21.6 Å². The van der Waals surface area contributed by atoms with Crippen molar-refractivity contribution in [3.8, 4) is 11.3 Å². The lowest BCUT2D eigenvalue weighted by Crippen LogP contribution is -2.23. The van der Waals surface area contributed by atoms with Gasteiger partial charge in [0.1, 0.15) is 0 Å². The number of halogens is 2.